The molecule has 1 atom stereocenters. The van der Waals surface area contributed by atoms with Gasteiger partial charge in [-0.3, -0.25) is 9.69 Å². The zero-order valence-corrected chi connectivity index (χ0v) is 16.4. The van der Waals surface area contributed by atoms with Gasteiger partial charge in [-0.05, 0) is 43.1 Å². The van der Waals surface area contributed by atoms with Crippen molar-refractivity contribution in [1.29, 1.82) is 0 Å². The van der Waals surface area contributed by atoms with Gasteiger partial charge >= 0.3 is 0 Å². The molecule has 2 aromatic rings. The maximum Gasteiger partial charge on any atom is 0.242 e. The molecule has 3 rings (SSSR count). The van der Waals surface area contributed by atoms with E-state index in [1.807, 2.05) is 49.5 Å². The molecule has 0 aromatic heterocycles. The third-order valence-corrected chi connectivity index (χ3v) is 5.35. The number of hydrogen-bond acceptors (Lipinski definition) is 3. The molecule has 27 heavy (non-hydrogen) atoms. The molecule has 4 heteroatoms. The highest BCUT2D eigenvalue weighted by Crippen LogP contribution is 2.25. The van der Waals surface area contributed by atoms with Crippen molar-refractivity contribution < 1.29 is 9.53 Å². The lowest BCUT2D eigenvalue weighted by molar-refractivity contribution is -0.127. The Labute approximate surface area is 162 Å². The van der Waals surface area contributed by atoms with E-state index in [1.165, 1.54) is 24.8 Å². The molecule has 0 radical (unpaired) electrons. The second-order valence-corrected chi connectivity index (χ2v) is 7.42. The molecule has 0 spiro atoms. The van der Waals surface area contributed by atoms with Crippen LogP contribution in [0, 0.1) is 0 Å². The van der Waals surface area contributed by atoms with E-state index in [-0.39, 0.29) is 11.9 Å². The number of benzene rings is 2. The highest BCUT2D eigenvalue weighted by molar-refractivity contribution is 5.83. The van der Waals surface area contributed by atoms with E-state index in [1.54, 1.807) is 7.11 Å². The van der Waals surface area contributed by atoms with Crippen LogP contribution in [0.5, 0.6) is 5.75 Å². The SMILES string of the molecule is COc1ccc([C@H](C(=O)NC2CCCCC2)N(C)Cc2ccccc2)cc1. The summed E-state index contributed by atoms with van der Waals surface area (Å²) in [7, 11) is 3.67. The summed E-state index contributed by atoms with van der Waals surface area (Å²) in [4.78, 5) is 15.3. The monoisotopic (exact) mass is 366 g/mol. The Morgan fingerprint density at radius 1 is 1.07 bits per heavy atom. The number of ether oxygens (including phenoxy) is 1. The number of methoxy groups -OCH3 is 1. The first-order valence-electron chi connectivity index (χ1n) is 9.86. The van der Waals surface area contributed by atoms with Gasteiger partial charge < -0.3 is 10.1 Å². The van der Waals surface area contributed by atoms with Gasteiger partial charge in [-0.2, -0.15) is 0 Å². The summed E-state index contributed by atoms with van der Waals surface area (Å²) in [6, 6.07) is 18.1. The van der Waals surface area contributed by atoms with Crippen LogP contribution >= 0.6 is 0 Å². The zero-order valence-electron chi connectivity index (χ0n) is 16.4. The Morgan fingerprint density at radius 3 is 2.37 bits per heavy atom. The minimum Gasteiger partial charge on any atom is -0.497 e. The maximum absolute atomic E-state index is 13.2. The summed E-state index contributed by atoms with van der Waals surface area (Å²) >= 11 is 0. The molecule has 4 nitrogen and oxygen atoms in total. The van der Waals surface area contributed by atoms with Gasteiger partial charge in [0.05, 0.1) is 7.11 Å². The lowest BCUT2D eigenvalue weighted by Gasteiger charge is -2.31. The topological polar surface area (TPSA) is 41.6 Å². The third kappa shape index (κ3) is 5.33. The summed E-state index contributed by atoms with van der Waals surface area (Å²) in [6.07, 6.45) is 5.87. The largest absolute Gasteiger partial charge is 0.497 e. The lowest BCUT2D eigenvalue weighted by Crippen LogP contribution is -2.43. The molecule has 0 saturated heterocycles. The molecule has 1 N–H and O–H groups in total. The van der Waals surface area contributed by atoms with Crippen LogP contribution in [0.4, 0.5) is 0 Å². The summed E-state index contributed by atoms with van der Waals surface area (Å²) in [5, 5.41) is 3.30. The van der Waals surface area contributed by atoms with Gasteiger partial charge in [-0.15, -0.1) is 0 Å². The highest BCUT2D eigenvalue weighted by Gasteiger charge is 2.27. The smallest absolute Gasteiger partial charge is 0.242 e. The van der Waals surface area contributed by atoms with Gasteiger partial charge in [-0.1, -0.05) is 61.7 Å². The molecule has 0 bridgehead atoms. The number of likely N-dealkylation sites (N-methyl/N-ethyl adjacent to an activating group) is 1. The minimum absolute atomic E-state index is 0.0884. The number of carbonyl (C=O) groups is 1. The van der Waals surface area contributed by atoms with Crippen molar-refractivity contribution in [2.75, 3.05) is 14.2 Å². The van der Waals surface area contributed by atoms with Crippen molar-refractivity contribution in [2.45, 2.75) is 50.7 Å². The molecule has 1 aliphatic carbocycles. The van der Waals surface area contributed by atoms with E-state index < -0.39 is 0 Å². The van der Waals surface area contributed by atoms with E-state index >= 15 is 0 Å². The van der Waals surface area contributed by atoms with Gasteiger partial charge in [-0.25, -0.2) is 0 Å². The number of amides is 1. The predicted octanol–water partition coefficient (Wildman–Crippen LogP) is 4.32. The molecule has 1 fully saturated rings. The average Bonchev–Trinajstić information content (AvgIpc) is 2.70. The standard InChI is InChI=1S/C23H30N2O2/c1-25(17-18-9-5-3-6-10-18)22(19-13-15-21(27-2)16-14-19)23(26)24-20-11-7-4-8-12-20/h3,5-6,9-10,13-16,20,22H,4,7-8,11-12,17H2,1-2H3,(H,24,26)/t22-/m1/s1. The fourth-order valence-corrected chi connectivity index (χ4v) is 3.88. The number of hydrogen-bond donors (Lipinski definition) is 1. The molecular weight excluding hydrogens is 336 g/mol. The predicted molar refractivity (Wildman–Crippen MR) is 109 cm³/mol. The van der Waals surface area contributed by atoms with Gasteiger partial charge in [0.2, 0.25) is 5.91 Å². The van der Waals surface area contributed by atoms with Crippen LogP contribution in [0.15, 0.2) is 54.6 Å². The van der Waals surface area contributed by atoms with Crippen LogP contribution in [0.2, 0.25) is 0 Å². The van der Waals surface area contributed by atoms with Crippen LogP contribution < -0.4 is 10.1 Å². The molecule has 0 heterocycles. The van der Waals surface area contributed by atoms with Crippen molar-refractivity contribution in [2.24, 2.45) is 0 Å². The third-order valence-electron chi connectivity index (χ3n) is 5.35. The number of nitrogens with zero attached hydrogens (tertiary/aromatic N) is 1. The van der Waals surface area contributed by atoms with E-state index in [9.17, 15) is 4.79 Å². The molecule has 144 valence electrons. The first-order chi connectivity index (χ1) is 13.2. The maximum atomic E-state index is 13.2. The summed E-state index contributed by atoms with van der Waals surface area (Å²) in [5.41, 5.74) is 2.19. The molecule has 0 aliphatic heterocycles. The van der Waals surface area contributed by atoms with Crippen LogP contribution in [0.1, 0.15) is 49.3 Å². The van der Waals surface area contributed by atoms with Crippen molar-refractivity contribution in [1.82, 2.24) is 10.2 Å². The zero-order chi connectivity index (χ0) is 19.1. The minimum atomic E-state index is -0.321. The van der Waals surface area contributed by atoms with Crippen molar-refractivity contribution in [3.63, 3.8) is 0 Å². The summed E-state index contributed by atoms with van der Waals surface area (Å²) in [6.45, 7) is 0.718. The van der Waals surface area contributed by atoms with E-state index in [0.29, 0.717) is 6.04 Å². The van der Waals surface area contributed by atoms with E-state index in [2.05, 4.69) is 22.3 Å². The van der Waals surface area contributed by atoms with Crippen LogP contribution in [-0.2, 0) is 11.3 Å². The summed E-state index contributed by atoms with van der Waals surface area (Å²) < 4.78 is 5.27. The van der Waals surface area contributed by atoms with Gasteiger partial charge in [0, 0.05) is 12.6 Å². The Bertz CT molecular complexity index is 709. The quantitative estimate of drug-likeness (QED) is 0.794. The van der Waals surface area contributed by atoms with E-state index in [4.69, 9.17) is 4.74 Å². The first-order valence-corrected chi connectivity index (χ1v) is 9.86. The van der Waals surface area contributed by atoms with Gasteiger partial charge in [0.25, 0.3) is 0 Å². The second kappa shape index (κ2) is 9.56. The fourth-order valence-electron chi connectivity index (χ4n) is 3.88. The highest BCUT2D eigenvalue weighted by atomic mass is 16.5. The summed E-state index contributed by atoms with van der Waals surface area (Å²) in [5.74, 6) is 0.890. The van der Waals surface area contributed by atoms with Crippen molar-refractivity contribution >= 4 is 5.91 Å². The molecule has 1 aliphatic rings. The Morgan fingerprint density at radius 2 is 1.74 bits per heavy atom. The van der Waals surface area contributed by atoms with Crippen molar-refractivity contribution in [3.05, 3.63) is 65.7 Å². The fraction of sp³-hybridized carbons (Fsp3) is 0.435. The molecular formula is C23H30N2O2. The molecule has 1 saturated carbocycles. The van der Waals surface area contributed by atoms with Gasteiger partial charge in [0.15, 0.2) is 0 Å². The van der Waals surface area contributed by atoms with Crippen LogP contribution in [-0.4, -0.2) is 31.0 Å². The van der Waals surface area contributed by atoms with E-state index in [0.717, 1.165) is 30.7 Å². The Balaban J connectivity index is 1.79. The van der Waals surface area contributed by atoms with Crippen LogP contribution in [0.25, 0.3) is 0 Å². The molecule has 2 aromatic carbocycles. The first kappa shape index (κ1) is 19.4. The van der Waals surface area contributed by atoms with Gasteiger partial charge in [0.1, 0.15) is 11.8 Å². The Kier molecular flexibility index (Phi) is 6.88. The second-order valence-electron chi connectivity index (χ2n) is 7.42. The average molecular weight is 367 g/mol. The number of rotatable bonds is 7. The van der Waals surface area contributed by atoms with Crippen molar-refractivity contribution in [3.8, 4) is 5.75 Å². The normalized spacial score (nSPS) is 16.1. The number of nitrogens with one attached hydrogen (secondary N) is 1. The molecule has 0 unspecified atom stereocenters. The Hall–Kier alpha value is -2.33. The molecule has 1 amide bonds. The number of carbonyl (C=O) groups excluding carboxylic acids is 1. The lowest BCUT2D eigenvalue weighted by atomic mass is 9.94. The van der Waals surface area contributed by atoms with Crippen LogP contribution in [0.3, 0.4) is 0 Å².